The summed E-state index contributed by atoms with van der Waals surface area (Å²) < 4.78 is 27.1. The fourth-order valence-corrected chi connectivity index (χ4v) is 5.87. The number of nitrogens with one attached hydrogen (secondary N) is 2. The van der Waals surface area contributed by atoms with E-state index >= 15 is 0 Å². The molecule has 2 aromatic carbocycles. The highest BCUT2D eigenvalue weighted by Crippen LogP contribution is 2.44. The van der Waals surface area contributed by atoms with E-state index in [0.29, 0.717) is 11.3 Å². The highest BCUT2D eigenvalue weighted by atomic mass is 32.2. The minimum atomic E-state index is -4.09. The second-order valence-electron chi connectivity index (χ2n) is 6.07. The monoisotopic (exact) mass is 430 g/mol. The summed E-state index contributed by atoms with van der Waals surface area (Å²) in [5, 5.41) is 15.3. The average Bonchev–Trinajstić information content (AvgIpc) is 3.26. The maximum atomic E-state index is 13.2. The number of thioether (sulfide) groups is 1. The first-order valence-corrected chi connectivity index (χ1v) is 10.7. The molecule has 0 bridgehead atoms. The predicted octanol–water partition coefficient (Wildman–Crippen LogP) is 1.79. The summed E-state index contributed by atoms with van der Waals surface area (Å²) in [6, 6.07) is 12.6. The number of hydrogen-bond acceptors (Lipinski definition) is 8. The van der Waals surface area contributed by atoms with Crippen LogP contribution in [-0.2, 0) is 14.8 Å². The molecule has 0 aliphatic carbocycles. The van der Waals surface area contributed by atoms with Crippen LogP contribution in [0.5, 0.6) is 0 Å². The normalized spacial score (nSPS) is 15.8. The van der Waals surface area contributed by atoms with Gasteiger partial charge in [-0.2, -0.15) is 5.21 Å². The Kier molecular flexibility index (Phi) is 4.80. The standard InChI is InChI=1S/C17H14N6O4S2/c1-10(24)18-12-6-4-5-11(9-12)16(28-17-19-21-22-20-17)23-15(25)13-7-2-3-8-14(13)29(23,26)27/h2-9,16H,1H3,(H,18,24)(H,19,20,21,22). The van der Waals surface area contributed by atoms with Gasteiger partial charge in [0.1, 0.15) is 10.3 Å². The number of tetrazole rings is 1. The molecule has 1 aromatic heterocycles. The number of fused-ring (bicyclic) bond motifs is 1. The fraction of sp³-hybridized carbons (Fsp3) is 0.118. The molecule has 1 atom stereocenters. The van der Waals surface area contributed by atoms with Gasteiger partial charge in [-0.3, -0.25) is 9.59 Å². The van der Waals surface area contributed by atoms with E-state index in [0.717, 1.165) is 16.1 Å². The lowest BCUT2D eigenvalue weighted by Gasteiger charge is -2.25. The minimum absolute atomic E-state index is 0.0540. The SMILES string of the molecule is CC(=O)Nc1cccc(C(Sc2nn[nH]n2)N2C(=O)c3ccccc3S2(=O)=O)c1. The molecule has 0 spiro atoms. The van der Waals surface area contributed by atoms with E-state index in [1.54, 1.807) is 36.4 Å². The number of benzene rings is 2. The third-order valence-electron chi connectivity index (χ3n) is 4.10. The van der Waals surface area contributed by atoms with E-state index in [-0.39, 0.29) is 21.5 Å². The first-order chi connectivity index (χ1) is 13.9. The minimum Gasteiger partial charge on any atom is -0.326 e. The first kappa shape index (κ1) is 19.1. The van der Waals surface area contributed by atoms with Crippen LogP contribution in [0.2, 0.25) is 0 Å². The number of H-pyrrole nitrogens is 1. The summed E-state index contributed by atoms with van der Waals surface area (Å²) in [6.45, 7) is 1.36. The van der Waals surface area contributed by atoms with Crippen molar-refractivity contribution >= 4 is 39.3 Å². The molecule has 1 aliphatic rings. The number of amides is 2. The second-order valence-corrected chi connectivity index (χ2v) is 8.90. The Morgan fingerprint density at radius 1 is 1.21 bits per heavy atom. The average molecular weight is 430 g/mol. The van der Waals surface area contributed by atoms with Gasteiger partial charge in [-0.25, -0.2) is 12.7 Å². The highest BCUT2D eigenvalue weighted by Gasteiger charge is 2.46. The molecular formula is C17H14N6O4S2. The zero-order valence-electron chi connectivity index (χ0n) is 14.9. The van der Waals surface area contributed by atoms with Gasteiger partial charge in [-0.15, -0.1) is 10.2 Å². The predicted molar refractivity (Wildman–Crippen MR) is 103 cm³/mol. The molecule has 29 heavy (non-hydrogen) atoms. The molecule has 1 aliphatic heterocycles. The summed E-state index contributed by atoms with van der Waals surface area (Å²) in [6.07, 6.45) is 0. The lowest BCUT2D eigenvalue weighted by Crippen LogP contribution is -2.33. The van der Waals surface area contributed by atoms with Crippen molar-refractivity contribution in [2.75, 3.05) is 5.32 Å². The quantitative estimate of drug-likeness (QED) is 0.584. The van der Waals surface area contributed by atoms with Crippen LogP contribution in [-0.4, -0.2) is 45.2 Å². The molecule has 10 nitrogen and oxygen atoms in total. The van der Waals surface area contributed by atoms with Crippen molar-refractivity contribution in [1.29, 1.82) is 0 Å². The van der Waals surface area contributed by atoms with E-state index < -0.39 is 21.3 Å². The number of hydrogen-bond donors (Lipinski definition) is 2. The van der Waals surface area contributed by atoms with Crippen LogP contribution in [0.25, 0.3) is 0 Å². The molecule has 0 saturated carbocycles. The molecule has 2 N–H and O–H groups in total. The summed E-state index contributed by atoms with van der Waals surface area (Å²) in [5.41, 5.74) is 1.04. The maximum Gasteiger partial charge on any atom is 0.270 e. The van der Waals surface area contributed by atoms with E-state index in [4.69, 9.17) is 0 Å². The van der Waals surface area contributed by atoms with Crippen LogP contribution >= 0.6 is 11.8 Å². The Bertz CT molecular complexity index is 1200. The van der Waals surface area contributed by atoms with Gasteiger partial charge in [-0.05, 0) is 35.0 Å². The number of aromatic nitrogens is 4. The topological polar surface area (TPSA) is 138 Å². The number of nitrogens with zero attached hydrogens (tertiary/aromatic N) is 4. The zero-order valence-corrected chi connectivity index (χ0v) is 16.6. The van der Waals surface area contributed by atoms with Crippen molar-refractivity contribution < 1.29 is 18.0 Å². The molecular weight excluding hydrogens is 416 g/mol. The third kappa shape index (κ3) is 3.47. The molecule has 0 radical (unpaired) electrons. The largest absolute Gasteiger partial charge is 0.326 e. The van der Waals surface area contributed by atoms with Crippen LogP contribution in [0.4, 0.5) is 5.69 Å². The molecule has 12 heteroatoms. The molecule has 0 fully saturated rings. The Hall–Kier alpha value is -3.25. The Morgan fingerprint density at radius 3 is 2.69 bits per heavy atom. The molecule has 2 heterocycles. The van der Waals surface area contributed by atoms with Gasteiger partial charge in [-0.1, -0.05) is 36.0 Å². The van der Waals surface area contributed by atoms with Crippen LogP contribution in [0.1, 0.15) is 28.2 Å². The number of rotatable bonds is 5. The van der Waals surface area contributed by atoms with Gasteiger partial charge < -0.3 is 5.32 Å². The summed E-state index contributed by atoms with van der Waals surface area (Å²) >= 11 is 0.947. The van der Waals surface area contributed by atoms with Gasteiger partial charge in [0, 0.05) is 12.6 Å². The smallest absolute Gasteiger partial charge is 0.270 e. The number of anilines is 1. The van der Waals surface area contributed by atoms with Crippen molar-refractivity contribution in [2.45, 2.75) is 22.3 Å². The lowest BCUT2D eigenvalue weighted by molar-refractivity contribution is -0.114. The maximum absolute atomic E-state index is 13.2. The van der Waals surface area contributed by atoms with Crippen LogP contribution < -0.4 is 5.32 Å². The van der Waals surface area contributed by atoms with E-state index in [1.165, 1.54) is 19.1 Å². The Morgan fingerprint density at radius 2 is 2.00 bits per heavy atom. The van der Waals surface area contributed by atoms with Gasteiger partial charge >= 0.3 is 0 Å². The third-order valence-corrected chi connectivity index (χ3v) is 7.13. The van der Waals surface area contributed by atoms with Crippen molar-refractivity contribution in [1.82, 2.24) is 24.9 Å². The van der Waals surface area contributed by atoms with Crippen LogP contribution in [0.15, 0.2) is 58.6 Å². The summed E-state index contributed by atoms with van der Waals surface area (Å²) in [4.78, 5) is 24.4. The van der Waals surface area contributed by atoms with Gasteiger partial charge in [0.25, 0.3) is 15.9 Å². The lowest BCUT2D eigenvalue weighted by atomic mass is 10.1. The molecule has 2 amide bonds. The number of aromatic amines is 1. The molecule has 3 aromatic rings. The van der Waals surface area contributed by atoms with Gasteiger partial charge in [0.2, 0.25) is 11.1 Å². The van der Waals surface area contributed by atoms with Gasteiger partial charge in [0.05, 0.1) is 5.56 Å². The van der Waals surface area contributed by atoms with Crippen molar-refractivity contribution in [3.63, 3.8) is 0 Å². The molecule has 1 unspecified atom stereocenters. The number of carbonyl (C=O) groups excluding carboxylic acids is 2. The molecule has 148 valence electrons. The van der Waals surface area contributed by atoms with Crippen LogP contribution in [0.3, 0.4) is 0 Å². The zero-order chi connectivity index (χ0) is 20.6. The van der Waals surface area contributed by atoms with Crippen LogP contribution in [0, 0.1) is 0 Å². The van der Waals surface area contributed by atoms with E-state index in [9.17, 15) is 18.0 Å². The number of sulfonamides is 1. The summed E-state index contributed by atoms with van der Waals surface area (Å²) in [7, 11) is -4.09. The van der Waals surface area contributed by atoms with Crippen molar-refractivity contribution in [3.8, 4) is 0 Å². The van der Waals surface area contributed by atoms with E-state index in [1.807, 2.05) is 0 Å². The second kappa shape index (κ2) is 7.29. The Labute approximate surface area is 169 Å². The molecule has 0 saturated heterocycles. The Balaban J connectivity index is 1.82. The summed E-state index contributed by atoms with van der Waals surface area (Å²) in [5.74, 6) is -0.923. The fourth-order valence-electron chi connectivity index (χ4n) is 2.96. The van der Waals surface area contributed by atoms with Gasteiger partial charge in [0.15, 0.2) is 0 Å². The highest BCUT2D eigenvalue weighted by molar-refractivity contribution is 8.00. The van der Waals surface area contributed by atoms with E-state index in [2.05, 4.69) is 25.9 Å². The van der Waals surface area contributed by atoms with Crippen molar-refractivity contribution in [3.05, 3.63) is 59.7 Å². The molecule has 4 rings (SSSR count). The van der Waals surface area contributed by atoms with Crippen molar-refractivity contribution in [2.24, 2.45) is 0 Å². The first-order valence-electron chi connectivity index (χ1n) is 8.33. The number of carbonyl (C=O) groups is 2.